The molecule has 0 spiro atoms. The molecule has 1 unspecified atom stereocenters. The summed E-state index contributed by atoms with van der Waals surface area (Å²) >= 11 is 6.91. The summed E-state index contributed by atoms with van der Waals surface area (Å²) < 4.78 is 0. The second kappa shape index (κ2) is 14.4. The van der Waals surface area contributed by atoms with Gasteiger partial charge < -0.3 is 29.9 Å². The predicted octanol–water partition coefficient (Wildman–Crippen LogP) is 7.40. The number of aryl methyl sites for hydroxylation is 1. The third-order valence-corrected chi connectivity index (χ3v) is 11.3. The Bertz CT molecular complexity index is 1940. The number of amides is 1. The fraction of sp³-hybridized carbons (Fsp3) is 0.366. The van der Waals surface area contributed by atoms with Crippen LogP contribution in [0.25, 0.3) is 27.9 Å². The number of halogens is 1. The van der Waals surface area contributed by atoms with Crippen molar-refractivity contribution in [3.8, 4) is 11.1 Å². The lowest BCUT2D eigenvalue weighted by atomic mass is 9.89. The Hall–Kier alpha value is -4.53. The molecule has 260 valence electrons. The minimum Gasteiger partial charge on any atom is -0.375 e. The van der Waals surface area contributed by atoms with Crippen LogP contribution in [0.1, 0.15) is 54.4 Å². The zero-order valence-electron chi connectivity index (χ0n) is 29.3. The van der Waals surface area contributed by atoms with Gasteiger partial charge in [0.15, 0.2) is 0 Å². The highest BCUT2D eigenvalue weighted by Gasteiger charge is 2.34. The first-order chi connectivity index (χ1) is 24.2. The molecule has 5 heterocycles. The molecule has 2 saturated heterocycles. The van der Waals surface area contributed by atoms with Crippen LogP contribution in [0, 0.1) is 0 Å². The normalized spacial score (nSPS) is 17.9. The number of piperidine rings is 1. The van der Waals surface area contributed by atoms with E-state index < -0.39 is 0 Å². The maximum absolute atomic E-state index is 12.0. The van der Waals surface area contributed by atoms with E-state index in [1.54, 1.807) is 0 Å². The number of carbonyl (C=O) groups is 1. The van der Waals surface area contributed by atoms with Crippen molar-refractivity contribution in [2.75, 3.05) is 51.2 Å². The molecule has 50 heavy (non-hydrogen) atoms. The number of hydrogen-bond acceptors (Lipinski definition) is 6. The number of pyridine rings is 1. The van der Waals surface area contributed by atoms with Crippen molar-refractivity contribution < 1.29 is 4.79 Å². The summed E-state index contributed by atoms with van der Waals surface area (Å²) in [6.07, 6.45) is 8.60. The molecule has 4 aromatic rings. The van der Waals surface area contributed by atoms with Crippen LogP contribution in [-0.4, -0.2) is 83.4 Å². The summed E-state index contributed by atoms with van der Waals surface area (Å²) in [4.78, 5) is 28.8. The third-order valence-electron chi connectivity index (χ3n) is 10.9. The molecule has 0 saturated carbocycles. The fourth-order valence-corrected chi connectivity index (χ4v) is 8.16. The molecule has 0 aliphatic carbocycles. The van der Waals surface area contributed by atoms with Gasteiger partial charge in [0.1, 0.15) is 5.65 Å². The molecular weight excluding hydrogens is 642 g/mol. The van der Waals surface area contributed by atoms with Gasteiger partial charge in [-0.2, -0.15) is 0 Å². The number of aromatic nitrogens is 2. The number of benzene rings is 2. The van der Waals surface area contributed by atoms with Crippen LogP contribution < -0.4 is 10.2 Å². The topological polar surface area (TPSA) is 70.7 Å². The van der Waals surface area contributed by atoms with Gasteiger partial charge in [-0.3, -0.25) is 4.79 Å². The highest BCUT2D eigenvalue weighted by atomic mass is 35.5. The molecule has 2 aromatic carbocycles. The van der Waals surface area contributed by atoms with E-state index in [1.807, 2.05) is 17.3 Å². The number of aromatic amines is 1. The molecule has 2 aromatic heterocycles. The van der Waals surface area contributed by atoms with E-state index in [0.29, 0.717) is 5.92 Å². The van der Waals surface area contributed by atoms with E-state index >= 15 is 0 Å². The van der Waals surface area contributed by atoms with Gasteiger partial charge in [-0.15, -0.1) is 0 Å². The second-order valence-electron chi connectivity index (χ2n) is 14.1. The Labute approximate surface area is 301 Å². The average Bonchev–Trinajstić information content (AvgIpc) is 3.67. The minimum absolute atomic E-state index is 0.248. The highest BCUT2D eigenvalue weighted by Crippen LogP contribution is 2.40. The first kappa shape index (κ1) is 33.9. The van der Waals surface area contributed by atoms with E-state index in [1.165, 1.54) is 22.3 Å². The highest BCUT2D eigenvalue weighted by molar-refractivity contribution is 6.38. The van der Waals surface area contributed by atoms with Crippen LogP contribution in [0.4, 0.5) is 5.69 Å². The number of allylic oxidation sites excluding steroid dienone is 1. The van der Waals surface area contributed by atoms with Gasteiger partial charge >= 0.3 is 0 Å². The van der Waals surface area contributed by atoms with Crippen LogP contribution in [0.15, 0.2) is 86.0 Å². The predicted molar refractivity (Wildman–Crippen MR) is 206 cm³/mol. The maximum atomic E-state index is 12.0. The van der Waals surface area contributed by atoms with E-state index in [9.17, 15) is 4.79 Å². The first-order valence-electron chi connectivity index (χ1n) is 17.8. The standard InChI is InChI=1S/C41H48ClN7O/c1-6-30-21-43-41-39(30)40(42)37(22-44-41)32-9-7-10-35(19-32)46(5)15-8-16-47(26-50)17-18-48-23-34(24-48)31-12-13-33-25-49(29(4)36(33)20-31)38-14-11-27(2)45-28(38)3/h7,9-10,12-13,19-22,26,34,38,45H,2-4,6,8,11,14-18,23-25H2,1,5H3,(H,43,44). The quantitative estimate of drug-likeness (QED) is 0.143. The Morgan fingerprint density at radius 2 is 1.92 bits per heavy atom. The molecule has 1 atom stereocenters. The van der Waals surface area contributed by atoms with Crippen LogP contribution in [0.3, 0.4) is 0 Å². The Balaban J connectivity index is 0.872. The zero-order valence-corrected chi connectivity index (χ0v) is 30.1. The van der Waals surface area contributed by atoms with Crippen LogP contribution in [-0.2, 0) is 17.8 Å². The van der Waals surface area contributed by atoms with Crippen LogP contribution in [0.2, 0.25) is 5.02 Å². The average molecular weight is 690 g/mol. The molecule has 3 aliphatic heterocycles. The summed E-state index contributed by atoms with van der Waals surface area (Å²) in [7, 11) is 2.10. The summed E-state index contributed by atoms with van der Waals surface area (Å²) in [6, 6.07) is 15.6. The number of hydrogen-bond donors (Lipinski definition) is 2. The van der Waals surface area contributed by atoms with E-state index in [0.717, 1.165) is 128 Å². The number of fused-ring (bicyclic) bond motifs is 2. The Morgan fingerprint density at radius 1 is 1.08 bits per heavy atom. The van der Waals surface area contributed by atoms with Crippen molar-refractivity contribution in [3.05, 3.63) is 113 Å². The number of carbonyl (C=O) groups excluding carboxylic acids is 1. The summed E-state index contributed by atoms with van der Waals surface area (Å²) in [5, 5.41) is 5.09. The lowest BCUT2D eigenvalue weighted by Gasteiger charge is -2.40. The van der Waals surface area contributed by atoms with E-state index in [2.05, 4.69) is 106 Å². The molecule has 7 rings (SSSR count). The van der Waals surface area contributed by atoms with Gasteiger partial charge in [-0.05, 0) is 66.1 Å². The van der Waals surface area contributed by atoms with Crippen molar-refractivity contribution >= 4 is 40.4 Å². The lowest BCUT2D eigenvalue weighted by Crippen LogP contribution is -2.48. The molecule has 2 N–H and O–H groups in total. The van der Waals surface area contributed by atoms with E-state index in [4.69, 9.17) is 11.6 Å². The van der Waals surface area contributed by atoms with Gasteiger partial charge in [-0.1, -0.05) is 62.5 Å². The molecule has 9 heteroatoms. The number of H-pyrrole nitrogens is 1. The lowest BCUT2D eigenvalue weighted by molar-refractivity contribution is -0.118. The molecule has 1 amide bonds. The molecule has 2 fully saturated rings. The summed E-state index contributed by atoms with van der Waals surface area (Å²) in [5.74, 6) is 0.509. The number of rotatable bonds is 13. The van der Waals surface area contributed by atoms with Crippen LogP contribution in [0.5, 0.6) is 0 Å². The van der Waals surface area contributed by atoms with Crippen molar-refractivity contribution in [1.82, 2.24) is 30.0 Å². The van der Waals surface area contributed by atoms with Crippen LogP contribution >= 0.6 is 11.6 Å². The smallest absolute Gasteiger partial charge is 0.209 e. The van der Waals surface area contributed by atoms with Crippen molar-refractivity contribution in [1.29, 1.82) is 0 Å². The second-order valence-corrected chi connectivity index (χ2v) is 14.5. The van der Waals surface area contributed by atoms with Crippen molar-refractivity contribution in [2.24, 2.45) is 0 Å². The number of nitrogens with one attached hydrogen (secondary N) is 2. The molecule has 0 bridgehead atoms. The largest absolute Gasteiger partial charge is 0.375 e. The third kappa shape index (κ3) is 6.66. The SMILES string of the molecule is C=C1CCC(N2Cc3ccc(C4CN(CCN(C=O)CCCN(C)c5cccc(-c6cnc7[nH]cc(CC)c7c6Cl)c5)C4)cc3C2=C)C(=C)N1. The van der Waals surface area contributed by atoms with Gasteiger partial charge in [-0.25, -0.2) is 4.98 Å². The van der Waals surface area contributed by atoms with Gasteiger partial charge in [0.25, 0.3) is 0 Å². The monoisotopic (exact) mass is 689 g/mol. The zero-order chi connectivity index (χ0) is 34.9. The Morgan fingerprint density at radius 3 is 2.70 bits per heavy atom. The van der Waals surface area contributed by atoms with Crippen molar-refractivity contribution in [3.63, 3.8) is 0 Å². The summed E-state index contributed by atoms with van der Waals surface area (Å²) in [5.41, 5.74) is 12.2. The fourth-order valence-electron chi connectivity index (χ4n) is 7.79. The Kier molecular flexibility index (Phi) is 9.76. The van der Waals surface area contributed by atoms with Crippen molar-refractivity contribution in [2.45, 2.75) is 51.1 Å². The van der Waals surface area contributed by atoms with Gasteiger partial charge in [0, 0.05) is 110 Å². The van der Waals surface area contributed by atoms with Gasteiger partial charge in [0.2, 0.25) is 6.41 Å². The molecule has 0 radical (unpaired) electrons. The van der Waals surface area contributed by atoms with E-state index in [-0.39, 0.29) is 6.04 Å². The summed E-state index contributed by atoms with van der Waals surface area (Å²) in [6.45, 7) is 21.1. The number of anilines is 1. The number of likely N-dealkylation sites (tertiary alicyclic amines) is 1. The molecule has 3 aliphatic rings. The minimum atomic E-state index is 0.248. The molecular formula is C41H48ClN7O. The van der Waals surface area contributed by atoms with Gasteiger partial charge in [0.05, 0.1) is 11.1 Å². The maximum Gasteiger partial charge on any atom is 0.209 e. The first-order valence-corrected chi connectivity index (χ1v) is 18.2. The molecule has 8 nitrogen and oxygen atoms in total. The number of nitrogens with zero attached hydrogens (tertiary/aromatic N) is 5.